The summed E-state index contributed by atoms with van der Waals surface area (Å²) in [5.74, 6) is -0.730. The summed E-state index contributed by atoms with van der Waals surface area (Å²) < 4.78 is 7.09. The highest BCUT2D eigenvalue weighted by Crippen LogP contribution is 2.23. The quantitative estimate of drug-likeness (QED) is 0.282. The van der Waals surface area contributed by atoms with E-state index in [1.165, 1.54) is 11.1 Å². The third kappa shape index (κ3) is 3.52. The molecule has 0 saturated heterocycles. The lowest BCUT2D eigenvalue weighted by atomic mass is 10.0. The van der Waals surface area contributed by atoms with Crippen molar-refractivity contribution in [1.29, 1.82) is 0 Å². The molecule has 5 nitrogen and oxygen atoms in total. The zero-order valence-corrected chi connectivity index (χ0v) is 17.0. The molecule has 1 aromatic heterocycles. The number of hydrogen-bond acceptors (Lipinski definition) is 4. The van der Waals surface area contributed by atoms with Crippen molar-refractivity contribution in [1.82, 2.24) is 4.57 Å². The molecular formula is C26H21NO4. The van der Waals surface area contributed by atoms with Gasteiger partial charge in [0.15, 0.2) is 17.8 Å². The molecule has 0 amide bonds. The van der Waals surface area contributed by atoms with Crippen molar-refractivity contribution in [3.63, 3.8) is 0 Å². The number of aryl methyl sites for hydroxylation is 2. The first-order valence-corrected chi connectivity index (χ1v) is 10.4. The maximum Gasteiger partial charge on any atom is 0.326 e. The van der Waals surface area contributed by atoms with E-state index in [0.717, 1.165) is 19.3 Å². The van der Waals surface area contributed by atoms with Crippen molar-refractivity contribution < 1.29 is 14.3 Å². The van der Waals surface area contributed by atoms with E-state index in [2.05, 4.69) is 0 Å². The number of para-hydroxylation sites is 2. The van der Waals surface area contributed by atoms with E-state index >= 15 is 0 Å². The highest BCUT2D eigenvalue weighted by Gasteiger charge is 2.17. The first-order chi connectivity index (χ1) is 15.1. The Morgan fingerprint density at radius 2 is 1.48 bits per heavy atom. The maximum atomic E-state index is 12.8. The summed E-state index contributed by atoms with van der Waals surface area (Å²) >= 11 is 0. The zero-order chi connectivity index (χ0) is 21.4. The van der Waals surface area contributed by atoms with E-state index in [1.807, 2.05) is 42.5 Å². The highest BCUT2D eigenvalue weighted by atomic mass is 16.5. The molecule has 1 heterocycles. The van der Waals surface area contributed by atoms with Crippen LogP contribution in [0.25, 0.3) is 21.8 Å². The van der Waals surface area contributed by atoms with Crippen LogP contribution >= 0.6 is 0 Å². The van der Waals surface area contributed by atoms with Crippen LogP contribution in [0.15, 0.2) is 71.5 Å². The molecule has 0 radical (unpaired) electrons. The smallest absolute Gasteiger partial charge is 0.326 e. The van der Waals surface area contributed by atoms with E-state index in [1.54, 1.807) is 28.8 Å². The number of nitrogens with zero attached hydrogens (tertiary/aromatic N) is 1. The molecule has 0 aliphatic heterocycles. The molecule has 0 bridgehead atoms. The molecule has 1 aliphatic rings. The summed E-state index contributed by atoms with van der Waals surface area (Å²) in [5.41, 5.74) is 4.34. The van der Waals surface area contributed by atoms with Crippen molar-refractivity contribution in [3.8, 4) is 0 Å². The molecule has 3 aromatic carbocycles. The third-order valence-electron chi connectivity index (χ3n) is 5.95. The van der Waals surface area contributed by atoms with Gasteiger partial charge in [0.05, 0.1) is 11.0 Å². The molecule has 31 heavy (non-hydrogen) atoms. The van der Waals surface area contributed by atoms with E-state index in [0.29, 0.717) is 27.4 Å². The average Bonchev–Trinajstić information content (AvgIpc) is 3.28. The van der Waals surface area contributed by atoms with E-state index < -0.39 is 5.97 Å². The second-order valence-electron chi connectivity index (χ2n) is 7.87. The van der Waals surface area contributed by atoms with Crippen molar-refractivity contribution in [2.45, 2.75) is 25.8 Å². The fourth-order valence-corrected chi connectivity index (χ4v) is 4.40. The third-order valence-corrected chi connectivity index (χ3v) is 5.95. The van der Waals surface area contributed by atoms with Gasteiger partial charge >= 0.3 is 5.97 Å². The molecule has 0 N–H and O–H groups in total. The lowest BCUT2D eigenvalue weighted by molar-refractivity contribution is -0.143. The number of pyridine rings is 1. The van der Waals surface area contributed by atoms with Crippen LogP contribution in [0.2, 0.25) is 0 Å². The van der Waals surface area contributed by atoms with Gasteiger partial charge < -0.3 is 9.30 Å². The SMILES string of the molecule is O=C(Cn1c2ccccc2c(=O)c2ccccc21)OCC(=O)c1ccc2c(c1)CCC2. The van der Waals surface area contributed by atoms with Gasteiger partial charge in [-0.25, -0.2) is 0 Å². The summed E-state index contributed by atoms with van der Waals surface area (Å²) in [6.45, 7) is -0.382. The van der Waals surface area contributed by atoms with Crippen LogP contribution < -0.4 is 5.43 Å². The van der Waals surface area contributed by atoms with Gasteiger partial charge in [-0.05, 0) is 60.7 Å². The van der Waals surface area contributed by atoms with Crippen LogP contribution in [0, 0.1) is 0 Å². The number of rotatable bonds is 5. The molecule has 5 rings (SSSR count). The van der Waals surface area contributed by atoms with Gasteiger partial charge in [-0.3, -0.25) is 14.4 Å². The summed E-state index contributed by atoms with van der Waals surface area (Å²) in [6, 6.07) is 20.1. The Balaban J connectivity index is 1.38. The first kappa shape index (κ1) is 19.2. The molecule has 0 unspecified atom stereocenters. The van der Waals surface area contributed by atoms with Crippen LogP contribution in [0.1, 0.15) is 27.9 Å². The Labute approximate surface area is 178 Å². The molecule has 0 fully saturated rings. The summed E-state index contributed by atoms with van der Waals surface area (Å²) in [6.07, 6.45) is 3.16. The van der Waals surface area contributed by atoms with Crippen LogP contribution in [0.3, 0.4) is 0 Å². The lowest BCUT2D eigenvalue weighted by Crippen LogP contribution is -2.21. The molecule has 154 valence electrons. The first-order valence-electron chi connectivity index (χ1n) is 10.4. The predicted molar refractivity (Wildman–Crippen MR) is 119 cm³/mol. The molecule has 1 aliphatic carbocycles. The Kier molecular flexibility index (Phi) is 4.86. The summed E-state index contributed by atoms with van der Waals surface area (Å²) in [4.78, 5) is 38.0. The fourth-order valence-electron chi connectivity index (χ4n) is 4.40. The average molecular weight is 411 g/mol. The minimum atomic E-state index is -0.520. The highest BCUT2D eigenvalue weighted by molar-refractivity contribution is 5.98. The maximum absolute atomic E-state index is 12.8. The van der Waals surface area contributed by atoms with E-state index in [4.69, 9.17) is 4.74 Å². The topological polar surface area (TPSA) is 65.4 Å². The molecular weight excluding hydrogens is 390 g/mol. The van der Waals surface area contributed by atoms with Crippen molar-refractivity contribution in [2.24, 2.45) is 0 Å². The monoisotopic (exact) mass is 411 g/mol. The molecule has 0 atom stereocenters. The van der Waals surface area contributed by atoms with Gasteiger partial charge in [0.25, 0.3) is 0 Å². The van der Waals surface area contributed by atoms with E-state index in [9.17, 15) is 14.4 Å². The van der Waals surface area contributed by atoms with Gasteiger partial charge in [0.1, 0.15) is 6.54 Å². The number of Topliss-reactive ketones (excluding diaryl/α,β-unsaturated/α-hetero) is 1. The van der Waals surface area contributed by atoms with Gasteiger partial charge in [0.2, 0.25) is 0 Å². The summed E-state index contributed by atoms with van der Waals surface area (Å²) in [5, 5.41) is 1.09. The van der Waals surface area contributed by atoms with Crippen molar-refractivity contribution >= 4 is 33.6 Å². The number of esters is 1. The Bertz CT molecular complexity index is 1340. The number of carbonyl (C=O) groups is 2. The molecule has 0 spiro atoms. The van der Waals surface area contributed by atoms with Crippen molar-refractivity contribution in [3.05, 3.63) is 93.6 Å². The normalized spacial score (nSPS) is 12.8. The molecule has 4 aromatic rings. The second-order valence-corrected chi connectivity index (χ2v) is 7.87. The second kappa shape index (κ2) is 7.84. The number of aromatic nitrogens is 1. The van der Waals surface area contributed by atoms with Crippen LogP contribution in [-0.2, 0) is 28.9 Å². The largest absolute Gasteiger partial charge is 0.456 e. The van der Waals surface area contributed by atoms with Gasteiger partial charge in [-0.1, -0.05) is 36.4 Å². The van der Waals surface area contributed by atoms with Crippen LogP contribution in [-0.4, -0.2) is 22.9 Å². The number of ether oxygens (including phenoxy) is 1. The Hall–Kier alpha value is -3.73. The van der Waals surface area contributed by atoms with Crippen LogP contribution in [0.4, 0.5) is 0 Å². The van der Waals surface area contributed by atoms with Crippen molar-refractivity contribution in [2.75, 3.05) is 6.61 Å². The van der Waals surface area contributed by atoms with Gasteiger partial charge in [-0.15, -0.1) is 0 Å². The number of carbonyl (C=O) groups excluding carboxylic acids is 2. The number of ketones is 1. The number of hydrogen-bond donors (Lipinski definition) is 0. The van der Waals surface area contributed by atoms with Crippen LogP contribution in [0.5, 0.6) is 0 Å². The Morgan fingerprint density at radius 3 is 2.19 bits per heavy atom. The van der Waals surface area contributed by atoms with Gasteiger partial charge in [0, 0.05) is 16.3 Å². The number of benzene rings is 3. The minimum Gasteiger partial charge on any atom is -0.456 e. The zero-order valence-electron chi connectivity index (χ0n) is 17.0. The fraction of sp³-hybridized carbons (Fsp3) is 0.192. The molecule has 0 saturated carbocycles. The predicted octanol–water partition coefficient (Wildman–Crippen LogP) is 4.07. The van der Waals surface area contributed by atoms with Gasteiger partial charge in [-0.2, -0.15) is 0 Å². The summed E-state index contributed by atoms with van der Waals surface area (Å²) in [7, 11) is 0. The number of fused-ring (bicyclic) bond motifs is 3. The Morgan fingerprint density at radius 1 is 0.839 bits per heavy atom. The standard InChI is InChI=1S/C26H21NO4/c28-24(19-13-12-17-6-5-7-18(17)14-19)16-31-25(29)15-27-22-10-3-1-8-20(22)26(30)21-9-2-4-11-23(21)27/h1-4,8-14H,5-7,15-16H2. The van der Waals surface area contributed by atoms with E-state index in [-0.39, 0.29) is 24.4 Å². The lowest BCUT2D eigenvalue weighted by Gasteiger charge is -2.14. The molecule has 5 heteroatoms. The minimum absolute atomic E-state index is 0.0670.